The minimum atomic E-state index is -1.54. The molecular formula is C13H8F4O. The van der Waals surface area contributed by atoms with Crippen LogP contribution in [-0.2, 0) is 6.61 Å². The molecule has 0 amide bonds. The van der Waals surface area contributed by atoms with Gasteiger partial charge in [0.1, 0.15) is 6.61 Å². The number of hydrogen-bond donors (Lipinski definition) is 0. The Kier molecular flexibility index (Phi) is 3.50. The summed E-state index contributed by atoms with van der Waals surface area (Å²) in [7, 11) is 0. The van der Waals surface area contributed by atoms with Crippen molar-refractivity contribution in [2.75, 3.05) is 0 Å². The van der Waals surface area contributed by atoms with Crippen molar-refractivity contribution < 1.29 is 22.3 Å². The maximum Gasteiger partial charge on any atom is 0.203 e. The molecule has 0 aliphatic heterocycles. The molecule has 0 radical (unpaired) electrons. The van der Waals surface area contributed by atoms with Crippen LogP contribution in [0.1, 0.15) is 5.56 Å². The van der Waals surface area contributed by atoms with Crippen LogP contribution in [0.3, 0.4) is 0 Å². The molecular weight excluding hydrogens is 248 g/mol. The maximum absolute atomic E-state index is 13.2. The Balaban J connectivity index is 2.24. The maximum atomic E-state index is 13.2. The lowest BCUT2D eigenvalue weighted by atomic mass is 10.2. The summed E-state index contributed by atoms with van der Waals surface area (Å²) in [4.78, 5) is 0. The summed E-state index contributed by atoms with van der Waals surface area (Å²) < 4.78 is 57.0. The highest BCUT2D eigenvalue weighted by Crippen LogP contribution is 2.27. The topological polar surface area (TPSA) is 9.23 Å². The van der Waals surface area contributed by atoms with Gasteiger partial charge in [-0.3, -0.25) is 0 Å². The van der Waals surface area contributed by atoms with Crippen molar-refractivity contribution in [1.82, 2.24) is 0 Å². The summed E-state index contributed by atoms with van der Waals surface area (Å²) in [5.74, 6) is -7.10. The molecule has 0 heterocycles. The molecule has 0 saturated carbocycles. The van der Waals surface area contributed by atoms with Gasteiger partial charge in [0, 0.05) is 6.07 Å². The second-order valence-electron chi connectivity index (χ2n) is 3.57. The van der Waals surface area contributed by atoms with Crippen LogP contribution in [0.25, 0.3) is 0 Å². The second-order valence-corrected chi connectivity index (χ2v) is 3.57. The molecule has 0 unspecified atom stereocenters. The molecule has 0 spiro atoms. The number of benzene rings is 2. The van der Waals surface area contributed by atoms with Gasteiger partial charge < -0.3 is 4.74 Å². The molecule has 18 heavy (non-hydrogen) atoms. The predicted octanol–water partition coefficient (Wildman–Crippen LogP) is 3.82. The van der Waals surface area contributed by atoms with E-state index < -0.39 is 29.0 Å². The quantitative estimate of drug-likeness (QED) is 0.599. The van der Waals surface area contributed by atoms with Crippen molar-refractivity contribution in [2.24, 2.45) is 0 Å². The van der Waals surface area contributed by atoms with E-state index in [1.165, 1.54) is 0 Å². The molecule has 0 aliphatic rings. The zero-order chi connectivity index (χ0) is 13.1. The van der Waals surface area contributed by atoms with E-state index in [0.717, 1.165) is 0 Å². The van der Waals surface area contributed by atoms with Crippen molar-refractivity contribution in [3.63, 3.8) is 0 Å². The van der Waals surface area contributed by atoms with Gasteiger partial charge in [0.2, 0.25) is 11.6 Å². The Morgan fingerprint density at radius 1 is 0.833 bits per heavy atom. The summed E-state index contributed by atoms with van der Waals surface area (Å²) in [5, 5.41) is 0. The van der Waals surface area contributed by atoms with Crippen LogP contribution in [0.2, 0.25) is 0 Å². The molecule has 0 bridgehead atoms. The minimum absolute atomic E-state index is 0.139. The molecule has 1 nitrogen and oxygen atoms in total. The normalized spacial score (nSPS) is 10.4. The molecule has 0 aromatic heterocycles. The summed E-state index contributed by atoms with van der Waals surface area (Å²) in [6.45, 7) is -0.183. The predicted molar refractivity (Wildman–Crippen MR) is 57.0 cm³/mol. The van der Waals surface area contributed by atoms with Gasteiger partial charge in [-0.1, -0.05) is 30.3 Å². The molecule has 2 rings (SSSR count). The largest absolute Gasteiger partial charge is 0.483 e. The van der Waals surface area contributed by atoms with E-state index in [4.69, 9.17) is 4.74 Å². The Hall–Kier alpha value is -2.04. The van der Waals surface area contributed by atoms with Gasteiger partial charge in [0.15, 0.2) is 17.4 Å². The summed E-state index contributed by atoms with van der Waals surface area (Å²) in [6, 6.07) is 8.62. The minimum Gasteiger partial charge on any atom is -0.483 e. The average molecular weight is 256 g/mol. The molecule has 5 heteroatoms. The molecule has 2 aromatic rings. The zero-order valence-corrected chi connectivity index (χ0v) is 9.09. The van der Waals surface area contributed by atoms with Gasteiger partial charge in [-0.2, -0.15) is 8.78 Å². The Morgan fingerprint density at radius 3 is 1.94 bits per heavy atom. The van der Waals surface area contributed by atoms with Crippen molar-refractivity contribution >= 4 is 0 Å². The van der Waals surface area contributed by atoms with Crippen LogP contribution in [0.4, 0.5) is 17.6 Å². The van der Waals surface area contributed by atoms with E-state index in [9.17, 15) is 17.6 Å². The van der Waals surface area contributed by atoms with Crippen molar-refractivity contribution in [3.05, 3.63) is 65.2 Å². The molecule has 0 N–H and O–H groups in total. The lowest BCUT2D eigenvalue weighted by molar-refractivity contribution is 0.261. The molecule has 0 aliphatic carbocycles. The van der Waals surface area contributed by atoms with Crippen LogP contribution in [0, 0.1) is 23.3 Å². The highest BCUT2D eigenvalue weighted by Gasteiger charge is 2.20. The molecule has 0 fully saturated rings. The number of rotatable bonds is 3. The lowest BCUT2D eigenvalue weighted by Gasteiger charge is -2.09. The van der Waals surface area contributed by atoms with Gasteiger partial charge >= 0.3 is 0 Å². The van der Waals surface area contributed by atoms with E-state index in [1.807, 2.05) is 0 Å². The highest BCUT2D eigenvalue weighted by atomic mass is 19.2. The fourth-order valence-corrected chi connectivity index (χ4v) is 1.41. The van der Waals surface area contributed by atoms with Crippen LogP contribution >= 0.6 is 0 Å². The lowest BCUT2D eigenvalue weighted by Crippen LogP contribution is -2.03. The highest BCUT2D eigenvalue weighted by molar-refractivity contribution is 5.29. The van der Waals surface area contributed by atoms with E-state index in [0.29, 0.717) is 5.56 Å². The van der Waals surface area contributed by atoms with E-state index >= 15 is 0 Å². The smallest absolute Gasteiger partial charge is 0.203 e. The average Bonchev–Trinajstić information content (AvgIpc) is 2.38. The standard InChI is InChI=1S/C13H8F4O/c14-9-6-10(15)12(17)13(11(9)16)18-7-8-4-2-1-3-5-8/h1-6H,7H2. The fourth-order valence-electron chi connectivity index (χ4n) is 1.41. The summed E-state index contributed by atoms with van der Waals surface area (Å²) >= 11 is 0. The van der Waals surface area contributed by atoms with Gasteiger partial charge in [0.25, 0.3) is 0 Å². The third-order valence-electron chi connectivity index (χ3n) is 2.30. The van der Waals surface area contributed by atoms with E-state index in [-0.39, 0.29) is 12.7 Å². The first-order valence-corrected chi connectivity index (χ1v) is 5.09. The first-order valence-electron chi connectivity index (χ1n) is 5.09. The van der Waals surface area contributed by atoms with Gasteiger partial charge in [-0.15, -0.1) is 0 Å². The number of hydrogen-bond acceptors (Lipinski definition) is 1. The fraction of sp³-hybridized carbons (Fsp3) is 0.0769. The van der Waals surface area contributed by atoms with Crippen LogP contribution in [0.5, 0.6) is 5.75 Å². The third kappa shape index (κ3) is 2.45. The Bertz CT molecular complexity index is 528. The van der Waals surface area contributed by atoms with Gasteiger partial charge in [-0.05, 0) is 5.56 Å². The van der Waals surface area contributed by atoms with Gasteiger partial charge in [-0.25, -0.2) is 8.78 Å². The Morgan fingerprint density at radius 2 is 1.39 bits per heavy atom. The molecule has 0 atom stereocenters. The van der Waals surface area contributed by atoms with Crippen molar-refractivity contribution in [3.8, 4) is 5.75 Å². The van der Waals surface area contributed by atoms with Crippen LogP contribution < -0.4 is 4.74 Å². The summed E-state index contributed by atoms with van der Waals surface area (Å²) in [5.41, 5.74) is 0.626. The first-order chi connectivity index (χ1) is 8.59. The molecule has 94 valence electrons. The molecule has 0 saturated heterocycles. The van der Waals surface area contributed by atoms with Crippen LogP contribution in [-0.4, -0.2) is 0 Å². The van der Waals surface area contributed by atoms with E-state index in [1.54, 1.807) is 30.3 Å². The van der Waals surface area contributed by atoms with Crippen molar-refractivity contribution in [2.45, 2.75) is 6.61 Å². The second kappa shape index (κ2) is 5.08. The SMILES string of the molecule is Fc1cc(F)c(F)c(OCc2ccccc2)c1F. The Labute approximate surface area is 101 Å². The molecule has 2 aromatic carbocycles. The summed E-state index contributed by atoms with van der Waals surface area (Å²) in [6.07, 6.45) is 0. The van der Waals surface area contributed by atoms with E-state index in [2.05, 4.69) is 0 Å². The zero-order valence-electron chi connectivity index (χ0n) is 9.09. The number of halogens is 4. The van der Waals surface area contributed by atoms with Gasteiger partial charge in [0.05, 0.1) is 0 Å². The first kappa shape index (κ1) is 12.4. The number of ether oxygens (including phenoxy) is 1. The van der Waals surface area contributed by atoms with Crippen molar-refractivity contribution in [1.29, 1.82) is 0 Å². The monoisotopic (exact) mass is 256 g/mol. The third-order valence-corrected chi connectivity index (χ3v) is 2.30. The van der Waals surface area contributed by atoms with Crippen LogP contribution in [0.15, 0.2) is 36.4 Å².